The van der Waals surface area contributed by atoms with E-state index in [2.05, 4.69) is 5.92 Å². The molecule has 0 bridgehead atoms. The summed E-state index contributed by atoms with van der Waals surface area (Å²) in [5.41, 5.74) is 0. The zero-order chi connectivity index (χ0) is 8.97. The fraction of sp³-hybridized carbons (Fsp3) is 0.667. The number of aliphatic hydroxyl groups is 1. The summed E-state index contributed by atoms with van der Waals surface area (Å²) in [5, 5.41) is 8.91. The highest BCUT2D eigenvalue weighted by Crippen LogP contribution is 2.17. The number of amides is 1. The van der Waals surface area contributed by atoms with Crippen molar-refractivity contribution >= 4 is 5.91 Å². The Balaban J connectivity index is 2.50. The van der Waals surface area contributed by atoms with Crippen LogP contribution in [-0.4, -0.2) is 35.1 Å². The lowest BCUT2D eigenvalue weighted by Crippen LogP contribution is -2.37. The fourth-order valence-corrected chi connectivity index (χ4v) is 1.54. The minimum Gasteiger partial charge on any atom is -0.394 e. The molecular formula is C9H13NO2. The summed E-state index contributed by atoms with van der Waals surface area (Å²) in [4.78, 5) is 13.0. The molecule has 1 rings (SSSR count). The molecule has 0 aromatic heterocycles. The third-order valence-corrected chi connectivity index (χ3v) is 2.16. The van der Waals surface area contributed by atoms with Gasteiger partial charge in [-0.2, -0.15) is 0 Å². The Labute approximate surface area is 72.4 Å². The third kappa shape index (κ3) is 1.77. The molecule has 0 aromatic carbocycles. The molecule has 0 aromatic rings. The molecule has 0 unspecified atom stereocenters. The van der Waals surface area contributed by atoms with Crippen molar-refractivity contribution in [2.75, 3.05) is 13.2 Å². The minimum atomic E-state index is -0.0333. The number of hydrogen-bond acceptors (Lipinski definition) is 2. The number of carbonyl (C=O) groups excluding carboxylic acids is 1. The maximum atomic E-state index is 11.3. The molecular weight excluding hydrogens is 154 g/mol. The lowest BCUT2D eigenvalue weighted by atomic mass is 10.2. The predicted molar refractivity (Wildman–Crippen MR) is 45.3 cm³/mol. The zero-order valence-corrected chi connectivity index (χ0v) is 6.99. The second-order valence-electron chi connectivity index (χ2n) is 2.95. The van der Waals surface area contributed by atoms with E-state index in [-0.39, 0.29) is 25.0 Å². The van der Waals surface area contributed by atoms with Crippen molar-refractivity contribution in [2.24, 2.45) is 0 Å². The first-order valence-corrected chi connectivity index (χ1v) is 4.13. The number of hydrogen-bond donors (Lipinski definition) is 1. The Bertz CT molecular complexity index is 207. The number of nitrogens with zero attached hydrogens (tertiary/aromatic N) is 1. The Morgan fingerprint density at radius 3 is 3.08 bits per heavy atom. The maximum Gasteiger partial charge on any atom is 0.234 e. The van der Waals surface area contributed by atoms with Gasteiger partial charge in [0.05, 0.1) is 19.1 Å². The second-order valence-corrected chi connectivity index (χ2v) is 2.95. The van der Waals surface area contributed by atoms with Crippen molar-refractivity contribution in [1.82, 2.24) is 4.90 Å². The molecule has 0 spiro atoms. The summed E-state index contributed by atoms with van der Waals surface area (Å²) in [6, 6.07) is 0.00542. The molecule has 66 valence electrons. The zero-order valence-electron chi connectivity index (χ0n) is 6.99. The summed E-state index contributed by atoms with van der Waals surface area (Å²) >= 11 is 0. The first kappa shape index (κ1) is 9.08. The van der Waals surface area contributed by atoms with E-state index in [1.807, 2.05) is 0 Å². The van der Waals surface area contributed by atoms with Gasteiger partial charge in [-0.15, -0.1) is 6.42 Å². The van der Waals surface area contributed by atoms with Gasteiger partial charge in [-0.3, -0.25) is 4.79 Å². The van der Waals surface area contributed by atoms with E-state index in [0.29, 0.717) is 0 Å². The lowest BCUT2D eigenvalue weighted by molar-refractivity contribution is -0.131. The van der Waals surface area contributed by atoms with Crippen molar-refractivity contribution in [3.63, 3.8) is 0 Å². The summed E-state index contributed by atoms with van der Waals surface area (Å²) in [5.74, 6) is 2.28. The molecule has 1 fully saturated rings. The quantitative estimate of drug-likeness (QED) is 0.588. The average Bonchev–Trinajstić information content (AvgIpc) is 2.51. The molecule has 1 saturated heterocycles. The average molecular weight is 167 g/mol. The lowest BCUT2D eigenvalue weighted by Gasteiger charge is -2.21. The van der Waals surface area contributed by atoms with Crippen molar-refractivity contribution in [3.05, 3.63) is 0 Å². The molecule has 1 N–H and O–H groups in total. The van der Waals surface area contributed by atoms with Crippen molar-refractivity contribution in [1.29, 1.82) is 0 Å². The van der Waals surface area contributed by atoms with Crippen LogP contribution in [-0.2, 0) is 4.79 Å². The van der Waals surface area contributed by atoms with Crippen LogP contribution in [0.1, 0.15) is 19.3 Å². The largest absolute Gasteiger partial charge is 0.394 e. The van der Waals surface area contributed by atoms with Crippen molar-refractivity contribution in [3.8, 4) is 12.3 Å². The highest BCUT2D eigenvalue weighted by molar-refractivity contribution is 5.79. The van der Waals surface area contributed by atoms with Gasteiger partial charge in [-0.1, -0.05) is 5.92 Å². The summed E-state index contributed by atoms with van der Waals surface area (Å²) in [6.45, 7) is 0.794. The van der Waals surface area contributed by atoms with E-state index in [9.17, 15) is 4.79 Å². The predicted octanol–water partition coefficient (Wildman–Crippen LogP) is -0.00700. The summed E-state index contributed by atoms with van der Waals surface area (Å²) in [7, 11) is 0. The van der Waals surface area contributed by atoms with Gasteiger partial charge in [-0.25, -0.2) is 0 Å². The van der Waals surface area contributed by atoms with Crippen LogP contribution in [0.3, 0.4) is 0 Å². The number of terminal acetylenes is 1. The molecule has 3 nitrogen and oxygen atoms in total. The Morgan fingerprint density at radius 2 is 2.50 bits per heavy atom. The van der Waals surface area contributed by atoms with Gasteiger partial charge in [-0.05, 0) is 12.8 Å². The number of aliphatic hydroxyl groups excluding tert-OH is 1. The topological polar surface area (TPSA) is 40.5 Å². The fourth-order valence-electron chi connectivity index (χ4n) is 1.54. The van der Waals surface area contributed by atoms with Crippen LogP contribution in [0.15, 0.2) is 0 Å². The molecule has 1 amide bonds. The van der Waals surface area contributed by atoms with Gasteiger partial charge in [0.25, 0.3) is 0 Å². The summed E-state index contributed by atoms with van der Waals surface area (Å²) in [6.07, 6.45) is 7.04. The minimum absolute atomic E-state index is 0.00542. The monoisotopic (exact) mass is 167 g/mol. The second kappa shape index (κ2) is 4.13. The number of likely N-dealkylation sites (tertiary alicyclic amines) is 1. The molecule has 1 aliphatic rings. The number of carbonyl (C=O) groups is 1. The molecule has 1 heterocycles. The highest BCUT2D eigenvalue weighted by atomic mass is 16.3. The Morgan fingerprint density at radius 1 is 1.75 bits per heavy atom. The molecule has 0 saturated carbocycles. The first-order valence-electron chi connectivity index (χ1n) is 4.13. The van der Waals surface area contributed by atoms with Crippen LogP contribution in [0.5, 0.6) is 0 Å². The van der Waals surface area contributed by atoms with Crippen LogP contribution < -0.4 is 0 Å². The Hall–Kier alpha value is -1.01. The van der Waals surface area contributed by atoms with Crippen molar-refractivity contribution < 1.29 is 9.90 Å². The van der Waals surface area contributed by atoms with Crippen LogP contribution in [0.4, 0.5) is 0 Å². The SMILES string of the molecule is C#CCC(=O)N1CCC[C@@H]1CO. The van der Waals surface area contributed by atoms with Crippen LogP contribution >= 0.6 is 0 Å². The van der Waals surface area contributed by atoms with Crippen molar-refractivity contribution in [2.45, 2.75) is 25.3 Å². The molecule has 12 heavy (non-hydrogen) atoms. The van der Waals surface area contributed by atoms with E-state index in [4.69, 9.17) is 11.5 Å². The first-order chi connectivity index (χ1) is 5.79. The van der Waals surface area contributed by atoms with E-state index in [0.717, 1.165) is 19.4 Å². The van der Waals surface area contributed by atoms with Gasteiger partial charge >= 0.3 is 0 Å². The standard InChI is InChI=1S/C9H13NO2/c1-2-4-9(12)10-6-3-5-8(10)7-11/h1,8,11H,3-7H2/t8-/m1/s1. The maximum absolute atomic E-state index is 11.3. The van der Waals surface area contributed by atoms with E-state index >= 15 is 0 Å². The van der Waals surface area contributed by atoms with Crippen LogP contribution in [0.25, 0.3) is 0 Å². The smallest absolute Gasteiger partial charge is 0.234 e. The van der Waals surface area contributed by atoms with Crippen LogP contribution in [0, 0.1) is 12.3 Å². The van der Waals surface area contributed by atoms with Gasteiger partial charge in [0.15, 0.2) is 0 Å². The molecule has 0 radical (unpaired) electrons. The molecule has 3 heteroatoms. The van der Waals surface area contributed by atoms with Crippen LogP contribution in [0.2, 0.25) is 0 Å². The Kier molecular flexibility index (Phi) is 3.12. The molecule has 1 aliphatic heterocycles. The van der Waals surface area contributed by atoms with E-state index < -0.39 is 0 Å². The summed E-state index contributed by atoms with van der Waals surface area (Å²) < 4.78 is 0. The van der Waals surface area contributed by atoms with E-state index in [1.165, 1.54) is 0 Å². The normalized spacial score (nSPS) is 22.3. The third-order valence-electron chi connectivity index (χ3n) is 2.16. The van der Waals surface area contributed by atoms with Gasteiger partial charge in [0.1, 0.15) is 0 Å². The highest BCUT2D eigenvalue weighted by Gasteiger charge is 2.26. The van der Waals surface area contributed by atoms with E-state index in [1.54, 1.807) is 4.90 Å². The number of rotatable bonds is 2. The molecule has 1 atom stereocenters. The molecule has 0 aliphatic carbocycles. The van der Waals surface area contributed by atoms with Gasteiger partial charge < -0.3 is 10.0 Å². The van der Waals surface area contributed by atoms with Gasteiger partial charge in [0, 0.05) is 6.54 Å². The van der Waals surface area contributed by atoms with Gasteiger partial charge in [0.2, 0.25) is 5.91 Å².